The van der Waals surface area contributed by atoms with E-state index in [9.17, 15) is 5.11 Å². The molecule has 0 amide bonds. The van der Waals surface area contributed by atoms with Crippen LogP contribution in [0.4, 0.5) is 0 Å². The van der Waals surface area contributed by atoms with E-state index in [0.29, 0.717) is 23.7 Å². The molecule has 2 aromatic heterocycles. The van der Waals surface area contributed by atoms with Crippen LogP contribution in [0.1, 0.15) is 17.5 Å². The Morgan fingerprint density at radius 1 is 1.35 bits per heavy atom. The van der Waals surface area contributed by atoms with Crippen molar-refractivity contribution in [1.29, 1.82) is 0 Å². The highest BCUT2D eigenvalue weighted by Gasteiger charge is 2.22. The molecule has 7 nitrogen and oxygen atoms in total. The maximum Gasteiger partial charge on any atom is 0.163 e. The summed E-state index contributed by atoms with van der Waals surface area (Å²) < 4.78 is 7.00. The molecule has 1 unspecified atom stereocenters. The zero-order chi connectivity index (χ0) is 14.5. The highest BCUT2D eigenvalue weighted by atomic mass is 16.5. The fourth-order valence-electron chi connectivity index (χ4n) is 1.88. The average molecular weight is 277 g/mol. The molecule has 0 fully saturated rings. The quantitative estimate of drug-likeness (QED) is 0.819. The Kier molecular flexibility index (Phi) is 4.65. The normalized spacial score (nSPS) is 12.7. The van der Waals surface area contributed by atoms with Gasteiger partial charge >= 0.3 is 0 Å². The maximum absolute atomic E-state index is 10.5. The van der Waals surface area contributed by atoms with Gasteiger partial charge in [-0.25, -0.2) is 0 Å². The van der Waals surface area contributed by atoms with Crippen LogP contribution in [0.3, 0.4) is 0 Å². The van der Waals surface area contributed by atoms with Crippen LogP contribution < -0.4 is 4.74 Å². The van der Waals surface area contributed by atoms with Gasteiger partial charge in [-0.2, -0.15) is 5.10 Å². The predicted octanol–water partition coefficient (Wildman–Crippen LogP) is 0.325. The molecule has 1 N–H and O–H groups in total. The number of rotatable bonds is 6. The van der Waals surface area contributed by atoms with Crippen LogP contribution in [0.5, 0.6) is 5.75 Å². The van der Waals surface area contributed by atoms with Crippen LogP contribution in [0.25, 0.3) is 0 Å². The molecule has 0 bridgehead atoms. The van der Waals surface area contributed by atoms with E-state index in [0.717, 1.165) is 6.54 Å². The zero-order valence-electron chi connectivity index (χ0n) is 11.9. The summed E-state index contributed by atoms with van der Waals surface area (Å²) in [6, 6.07) is 0. The van der Waals surface area contributed by atoms with Gasteiger partial charge in [0, 0.05) is 18.9 Å². The molecule has 2 aromatic rings. The third-order valence-electron chi connectivity index (χ3n) is 2.95. The monoisotopic (exact) mass is 277 g/mol. The molecule has 0 aliphatic heterocycles. The first-order valence-corrected chi connectivity index (χ1v) is 6.32. The van der Waals surface area contributed by atoms with Gasteiger partial charge in [0.2, 0.25) is 0 Å². The lowest BCUT2D eigenvalue weighted by molar-refractivity contribution is 0.195. The molecular formula is C13H19N5O2. The second-order valence-corrected chi connectivity index (χ2v) is 4.66. The van der Waals surface area contributed by atoms with Crippen molar-refractivity contribution in [2.45, 2.75) is 12.6 Å². The lowest BCUT2D eigenvalue weighted by atomic mass is 10.2. The number of ether oxygens (including phenoxy) is 1. The first kappa shape index (κ1) is 14.4. The van der Waals surface area contributed by atoms with Crippen molar-refractivity contribution in [1.82, 2.24) is 24.6 Å². The Hall–Kier alpha value is -1.99. The van der Waals surface area contributed by atoms with Gasteiger partial charge in [0.1, 0.15) is 11.8 Å². The predicted molar refractivity (Wildman–Crippen MR) is 73.4 cm³/mol. The highest BCUT2D eigenvalue weighted by Crippen LogP contribution is 2.28. The van der Waals surface area contributed by atoms with E-state index < -0.39 is 6.10 Å². The van der Waals surface area contributed by atoms with Crippen LogP contribution >= 0.6 is 0 Å². The van der Waals surface area contributed by atoms with Gasteiger partial charge < -0.3 is 14.7 Å². The number of nitrogens with zero attached hydrogens (tertiary/aromatic N) is 5. The number of aliphatic hydroxyl groups excluding tert-OH is 1. The third kappa shape index (κ3) is 3.12. The van der Waals surface area contributed by atoms with Crippen molar-refractivity contribution in [2.75, 3.05) is 27.7 Å². The van der Waals surface area contributed by atoms with E-state index in [1.165, 1.54) is 6.20 Å². The number of likely N-dealkylation sites (N-methyl/N-ethyl adjacent to an activating group) is 1. The van der Waals surface area contributed by atoms with E-state index >= 15 is 0 Å². The minimum Gasteiger partial charge on any atom is -0.493 e. The molecule has 1 atom stereocenters. The van der Waals surface area contributed by atoms with Crippen molar-refractivity contribution >= 4 is 0 Å². The van der Waals surface area contributed by atoms with Crippen LogP contribution in [0.15, 0.2) is 24.8 Å². The zero-order valence-corrected chi connectivity index (χ0v) is 11.9. The van der Waals surface area contributed by atoms with Crippen molar-refractivity contribution in [3.05, 3.63) is 36.2 Å². The number of hydrogen-bond acceptors (Lipinski definition) is 6. The molecule has 7 heteroatoms. The van der Waals surface area contributed by atoms with Gasteiger partial charge in [-0.15, -0.1) is 0 Å². The first-order valence-electron chi connectivity index (χ1n) is 6.32. The summed E-state index contributed by atoms with van der Waals surface area (Å²) in [7, 11) is 5.53. The van der Waals surface area contributed by atoms with Crippen LogP contribution in [-0.4, -0.2) is 57.5 Å². The maximum atomic E-state index is 10.5. The largest absolute Gasteiger partial charge is 0.493 e. The second-order valence-electron chi connectivity index (χ2n) is 4.66. The molecule has 0 radical (unpaired) electrons. The van der Waals surface area contributed by atoms with Crippen molar-refractivity contribution in [2.24, 2.45) is 0 Å². The minimum absolute atomic E-state index is 0.470. The van der Waals surface area contributed by atoms with E-state index in [-0.39, 0.29) is 0 Å². The van der Waals surface area contributed by atoms with Crippen LogP contribution in [0, 0.1) is 0 Å². The van der Waals surface area contributed by atoms with E-state index in [1.807, 2.05) is 19.0 Å². The molecule has 0 saturated heterocycles. The van der Waals surface area contributed by atoms with E-state index in [4.69, 9.17) is 4.74 Å². The highest BCUT2D eigenvalue weighted by molar-refractivity contribution is 5.31. The van der Waals surface area contributed by atoms with Gasteiger partial charge in [-0.3, -0.25) is 14.6 Å². The minimum atomic E-state index is -0.914. The van der Waals surface area contributed by atoms with Crippen LogP contribution in [-0.2, 0) is 6.54 Å². The lowest BCUT2D eigenvalue weighted by Gasteiger charge is -2.16. The molecule has 108 valence electrons. The molecule has 0 aliphatic carbocycles. The smallest absolute Gasteiger partial charge is 0.163 e. The molecule has 2 rings (SSSR count). The Labute approximate surface area is 117 Å². The van der Waals surface area contributed by atoms with Gasteiger partial charge in [-0.1, -0.05) is 0 Å². The second kappa shape index (κ2) is 6.44. The Morgan fingerprint density at radius 3 is 2.75 bits per heavy atom. The molecule has 0 aliphatic rings. The summed E-state index contributed by atoms with van der Waals surface area (Å²) in [6.07, 6.45) is 5.34. The van der Waals surface area contributed by atoms with Crippen molar-refractivity contribution in [3.63, 3.8) is 0 Å². The van der Waals surface area contributed by atoms with Gasteiger partial charge in [-0.05, 0) is 14.1 Å². The van der Waals surface area contributed by atoms with Crippen LogP contribution in [0.2, 0.25) is 0 Å². The summed E-state index contributed by atoms with van der Waals surface area (Å²) in [4.78, 5) is 10.1. The number of methoxy groups -OCH3 is 1. The summed E-state index contributed by atoms with van der Waals surface area (Å²) in [5, 5.41) is 14.7. The fraction of sp³-hybridized carbons (Fsp3) is 0.462. The van der Waals surface area contributed by atoms with Gasteiger partial charge in [0.15, 0.2) is 5.75 Å². The average Bonchev–Trinajstić information content (AvgIpc) is 2.88. The summed E-state index contributed by atoms with van der Waals surface area (Å²) in [6.45, 7) is 1.47. The third-order valence-corrected chi connectivity index (χ3v) is 2.95. The fourth-order valence-corrected chi connectivity index (χ4v) is 1.88. The Morgan fingerprint density at radius 2 is 2.15 bits per heavy atom. The van der Waals surface area contributed by atoms with Gasteiger partial charge in [0.05, 0.1) is 31.7 Å². The summed E-state index contributed by atoms with van der Waals surface area (Å²) >= 11 is 0. The molecule has 20 heavy (non-hydrogen) atoms. The van der Waals surface area contributed by atoms with Crippen molar-refractivity contribution in [3.8, 4) is 5.75 Å². The topological polar surface area (TPSA) is 76.3 Å². The summed E-state index contributed by atoms with van der Waals surface area (Å²) in [5.41, 5.74) is 1.06. The number of hydrogen-bond donors (Lipinski definition) is 1. The molecule has 2 heterocycles. The summed E-state index contributed by atoms with van der Waals surface area (Å²) in [5.74, 6) is 0.543. The van der Waals surface area contributed by atoms with Gasteiger partial charge in [0.25, 0.3) is 0 Å². The Balaban J connectivity index is 2.30. The molecular weight excluding hydrogens is 258 g/mol. The van der Waals surface area contributed by atoms with E-state index in [1.54, 1.807) is 30.4 Å². The SMILES string of the molecule is COc1cnn(CCN(C)C)c1C(O)c1cnccn1. The number of aliphatic hydroxyl groups is 1. The lowest BCUT2D eigenvalue weighted by Crippen LogP contribution is -2.21. The Bertz CT molecular complexity index is 541. The van der Waals surface area contributed by atoms with Crippen molar-refractivity contribution < 1.29 is 9.84 Å². The molecule has 0 aromatic carbocycles. The van der Waals surface area contributed by atoms with E-state index in [2.05, 4.69) is 15.1 Å². The molecule has 0 spiro atoms. The standard InChI is InChI=1S/C13H19N5O2/c1-17(2)6-7-18-12(11(20-3)9-16-18)13(19)10-8-14-4-5-15-10/h4-5,8-9,13,19H,6-7H2,1-3H3. The number of aromatic nitrogens is 4. The first-order chi connectivity index (χ1) is 9.63. The molecule has 0 saturated carbocycles.